The van der Waals surface area contributed by atoms with E-state index in [0.29, 0.717) is 38.8 Å². The predicted molar refractivity (Wildman–Crippen MR) is 105 cm³/mol. The quantitative estimate of drug-likeness (QED) is 0.249. The molecule has 0 fully saturated rings. The second-order valence-corrected chi connectivity index (χ2v) is 8.76. The number of hydrogen-bond donors (Lipinski definition) is 3. The van der Waals surface area contributed by atoms with E-state index < -0.39 is 21.3 Å². The number of carboxylic acid groups (broad SMARTS) is 1. The Bertz CT molecular complexity index is 524. The summed E-state index contributed by atoms with van der Waals surface area (Å²) < 4.78 is 31.6. The molecular weight excluding hydrogens is 372 g/mol. The SMILES string of the molecule is CCCC(CCCCCCCC(=O)NCCCN(C)CC(=O)O)S(=O)(=O)O. The van der Waals surface area contributed by atoms with Crippen LogP contribution >= 0.6 is 0 Å². The van der Waals surface area contributed by atoms with Crippen LogP contribution in [0.15, 0.2) is 0 Å². The number of nitrogens with one attached hydrogen (secondary N) is 1. The van der Waals surface area contributed by atoms with Gasteiger partial charge < -0.3 is 10.4 Å². The number of aliphatic carboxylic acids is 1. The lowest BCUT2D eigenvalue weighted by Gasteiger charge is -2.13. The van der Waals surface area contributed by atoms with E-state index in [1.54, 1.807) is 11.9 Å². The van der Waals surface area contributed by atoms with Crippen LogP contribution in [0.3, 0.4) is 0 Å². The van der Waals surface area contributed by atoms with Gasteiger partial charge in [-0.2, -0.15) is 8.42 Å². The number of hydrogen-bond acceptors (Lipinski definition) is 5. The molecule has 1 amide bonds. The van der Waals surface area contributed by atoms with Crippen LogP contribution in [0.25, 0.3) is 0 Å². The Hall–Kier alpha value is -1.19. The Morgan fingerprint density at radius 2 is 1.67 bits per heavy atom. The van der Waals surface area contributed by atoms with E-state index in [1.165, 1.54) is 0 Å². The molecule has 0 heterocycles. The number of likely N-dealkylation sites (N-methyl/N-ethyl adjacent to an activating group) is 1. The highest BCUT2D eigenvalue weighted by Crippen LogP contribution is 2.16. The molecule has 0 rings (SSSR count). The van der Waals surface area contributed by atoms with E-state index in [9.17, 15) is 18.0 Å². The summed E-state index contributed by atoms with van der Waals surface area (Å²) in [6.45, 7) is 3.06. The van der Waals surface area contributed by atoms with Crippen molar-refractivity contribution in [1.82, 2.24) is 10.2 Å². The molecule has 27 heavy (non-hydrogen) atoms. The number of carboxylic acids is 1. The van der Waals surface area contributed by atoms with Gasteiger partial charge >= 0.3 is 5.97 Å². The van der Waals surface area contributed by atoms with Crippen molar-refractivity contribution in [2.24, 2.45) is 0 Å². The Balaban J connectivity index is 3.62. The first-order valence-electron chi connectivity index (χ1n) is 9.80. The fourth-order valence-electron chi connectivity index (χ4n) is 2.93. The van der Waals surface area contributed by atoms with Crippen LogP contribution in [-0.4, -0.2) is 66.8 Å². The summed E-state index contributed by atoms with van der Waals surface area (Å²) in [5, 5.41) is 10.8. The van der Waals surface area contributed by atoms with E-state index in [1.807, 2.05) is 6.92 Å². The minimum Gasteiger partial charge on any atom is -0.480 e. The maximum absolute atomic E-state index is 11.7. The third-order valence-corrected chi connectivity index (χ3v) is 5.72. The third kappa shape index (κ3) is 15.6. The molecule has 160 valence electrons. The third-order valence-electron chi connectivity index (χ3n) is 4.41. The summed E-state index contributed by atoms with van der Waals surface area (Å²) >= 11 is 0. The van der Waals surface area contributed by atoms with Crippen LogP contribution in [0.2, 0.25) is 0 Å². The van der Waals surface area contributed by atoms with Crippen LogP contribution in [0.5, 0.6) is 0 Å². The van der Waals surface area contributed by atoms with Crippen molar-refractivity contribution >= 4 is 22.0 Å². The van der Waals surface area contributed by atoms with Crippen LogP contribution in [0, 0.1) is 0 Å². The molecule has 0 aliphatic carbocycles. The molecule has 0 aromatic carbocycles. The summed E-state index contributed by atoms with van der Waals surface area (Å²) in [7, 11) is -2.21. The van der Waals surface area contributed by atoms with Gasteiger partial charge in [-0.1, -0.05) is 39.0 Å². The fraction of sp³-hybridized carbons (Fsp3) is 0.889. The molecule has 0 bridgehead atoms. The van der Waals surface area contributed by atoms with Crippen LogP contribution in [0.1, 0.15) is 71.1 Å². The van der Waals surface area contributed by atoms with Crippen LogP contribution in [-0.2, 0) is 19.7 Å². The molecular formula is C18H36N2O6S. The van der Waals surface area contributed by atoms with E-state index in [0.717, 1.165) is 38.5 Å². The van der Waals surface area contributed by atoms with Crippen molar-refractivity contribution in [3.8, 4) is 0 Å². The normalized spacial score (nSPS) is 12.9. The topological polar surface area (TPSA) is 124 Å². The maximum atomic E-state index is 11.7. The summed E-state index contributed by atoms with van der Waals surface area (Å²) in [5.74, 6) is -0.856. The molecule has 0 aromatic heterocycles. The number of carbonyl (C=O) groups is 2. The van der Waals surface area contributed by atoms with Gasteiger partial charge in [0.2, 0.25) is 5.91 Å². The summed E-state index contributed by atoms with van der Waals surface area (Å²) in [4.78, 5) is 23.9. The molecule has 1 unspecified atom stereocenters. The average molecular weight is 409 g/mol. The average Bonchev–Trinajstić information content (AvgIpc) is 2.55. The first-order valence-corrected chi connectivity index (χ1v) is 11.3. The Morgan fingerprint density at radius 1 is 1.04 bits per heavy atom. The molecule has 9 heteroatoms. The number of unbranched alkanes of at least 4 members (excludes halogenated alkanes) is 4. The highest BCUT2D eigenvalue weighted by atomic mass is 32.2. The molecule has 0 saturated heterocycles. The lowest BCUT2D eigenvalue weighted by Crippen LogP contribution is -2.30. The summed E-state index contributed by atoms with van der Waals surface area (Å²) in [6.07, 6.45) is 7.20. The van der Waals surface area contributed by atoms with E-state index in [2.05, 4.69) is 5.32 Å². The highest BCUT2D eigenvalue weighted by Gasteiger charge is 2.21. The van der Waals surface area contributed by atoms with Crippen molar-refractivity contribution < 1.29 is 27.7 Å². The molecule has 3 N–H and O–H groups in total. The standard InChI is InChI=1S/C18H36N2O6S/c1-3-10-16(27(24,25)26)11-7-5-4-6-8-12-17(21)19-13-9-14-20(2)15-18(22)23/h16H,3-15H2,1-2H3,(H,19,21)(H,22,23)(H,24,25,26). The van der Waals surface area contributed by atoms with Gasteiger partial charge in [-0.25, -0.2) is 0 Å². The lowest BCUT2D eigenvalue weighted by atomic mass is 10.1. The first kappa shape index (κ1) is 25.8. The minimum atomic E-state index is -3.94. The van der Waals surface area contributed by atoms with Gasteiger partial charge in [-0.3, -0.25) is 19.0 Å². The Morgan fingerprint density at radius 3 is 2.26 bits per heavy atom. The van der Waals surface area contributed by atoms with Gasteiger partial charge in [0.05, 0.1) is 11.8 Å². The highest BCUT2D eigenvalue weighted by molar-refractivity contribution is 7.86. The van der Waals surface area contributed by atoms with Crippen molar-refractivity contribution in [2.45, 2.75) is 76.4 Å². The van der Waals surface area contributed by atoms with Crippen LogP contribution < -0.4 is 5.32 Å². The Labute approximate surface area is 163 Å². The zero-order valence-corrected chi connectivity index (χ0v) is 17.5. The van der Waals surface area contributed by atoms with Crippen LogP contribution in [0.4, 0.5) is 0 Å². The minimum absolute atomic E-state index is 0.00261. The van der Waals surface area contributed by atoms with E-state index in [4.69, 9.17) is 9.66 Å². The molecule has 8 nitrogen and oxygen atoms in total. The predicted octanol–water partition coefficient (Wildman–Crippen LogP) is 2.30. The van der Waals surface area contributed by atoms with Gasteiger partial charge in [0.25, 0.3) is 10.1 Å². The maximum Gasteiger partial charge on any atom is 0.317 e. The second-order valence-electron chi connectivity index (χ2n) is 7.07. The molecule has 0 saturated carbocycles. The number of rotatable bonds is 17. The van der Waals surface area contributed by atoms with Gasteiger partial charge in [-0.15, -0.1) is 0 Å². The first-order chi connectivity index (χ1) is 12.7. The smallest absolute Gasteiger partial charge is 0.317 e. The molecule has 0 spiro atoms. The fourth-order valence-corrected chi connectivity index (χ4v) is 3.93. The van der Waals surface area contributed by atoms with E-state index >= 15 is 0 Å². The van der Waals surface area contributed by atoms with Crippen molar-refractivity contribution in [3.63, 3.8) is 0 Å². The van der Waals surface area contributed by atoms with E-state index in [-0.39, 0.29) is 12.5 Å². The monoisotopic (exact) mass is 408 g/mol. The van der Waals surface area contributed by atoms with Crippen molar-refractivity contribution in [3.05, 3.63) is 0 Å². The molecule has 0 aliphatic heterocycles. The number of nitrogens with zero attached hydrogens (tertiary/aromatic N) is 1. The largest absolute Gasteiger partial charge is 0.480 e. The lowest BCUT2D eigenvalue weighted by molar-refractivity contribution is -0.138. The van der Waals surface area contributed by atoms with Gasteiger partial charge in [0, 0.05) is 19.5 Å². The Kier molecular flexibility index (Phi) is 14.2. The molecule has 0 radical (unpaired) electrons. The van der Waals surface area contributed by atoms with Gasteiger partial charge in [-0.05, 0) is 32.7 Å². The van der Waals surface area contributed by atoms with Crippen molar-refractivity contribution in [1.29, 1.82) is 0 Å². The number of carbonyl (C=O) groups excluding carboxylic acids is 1. The molecule has 0 aromatic rings. The molecule has 1 atom stereocenters. The number of amides is 1. The summed E-state index contributed by atoms with van der Waals surface area (Å²) in [6, 6.07) is 0. The molecule has 0 aliphatic rings. The van der Waals surface area contributed by atoms with Gasteiger partial charge in [0.15, 0.2) is 0 Å². The van der Waals surface area contributed by atoms with Crippen molar-refractivity contribution in [2.75, 3.05) is 26.7 Å². The zero-order chi connectivity index (χ0) is 20.7. The second kappa shape index (κ2) is 14.8. The van der Waals surface area contributed by atoms with Gasteiger partial charge in [0.1, 0.15) is 0 Å². The summed E-state index contributed by atoms with van der Waals surface area (Å²) in [5.41, 5.74) is 0. The zero-order valence-electron chi connectivity index (χ0n) is 16.7.